The van der Waals surface area contributed by atoms with Crippen LogP contribution in [0.5, 0.6) is 0 Å². The van der Waals surface area contributed by atoms with Crippen LogP contribution in [-0.4, -0.2) is 4.98 Å². The van der Waals surface area contributed by atoms with Crippen molar-refractivity contribution in [3.8, 4) is 11.3 Å². The maximum absolute atomic E-state index is 6.00. The standard InChI is InChI=1S/C14H9Cl2N/c15-11-5-10(6-12(16)8-11)14-7-9-3-1-2-4-13(9)17-14/h1-8,17H. The summed E-state index contributed by atoms with van der Waals surface area (Å²) in [5.74, 6) is 0. The van der Waals surface area contributed by atoms with Gasteiger partial charge in [0, 0.05) is 32.2 Å². The molecule has 0 atom stereocenters. The normalized spacial score (nSPS) is 10.9. The fourth-order valence-electron chi connectivity index (χ4n) is 1.94. The third kappa shape index (κ3) is 2.04. The zero-order valence-electron chi connectivity index (χ0n) is 8.87. The summed E-state index contributed by atoms with van der Waals surface area (Å²) < 4.78 is 0. The second-order valence-electron chi connectivity index (χ2n) is 3.93. The van der Waals surface area contributed by atoms with Crippen molar-refractivity contribution in [2.75, 3.05) is 0 Å². The first-order chi connectivity index (χ1) is 8.22. The summed E-state index contributed by atoms with van der Waals surface area (Å²) in [5, 5.41) is 2.47. The summed E-state index contributed by atoms with van der Waals surface area (Å²) in [6.45, 7) is 0. The lowest BCUT2D eigenvalue weighted by molar-refractivity contribution is 1.45. The van der Waals surface area contributed by atoms with Crippen molar-refractivity contribution in [2.24, 2.45) is 0 Å². The molecule has 1 N–H and O–H groups in total. The fraction of sp³-hybridized carbons (Fsp3) is 0. The third-order valence-corrected chi connectivity index (χ3v) is 3.14. The van der Waals surface area contributed by atoms with E-state index in [0.717, 1.165) is 16.8 Å². The number of benzene rings is 2. The van der Waals surface area contributed by atoms with Gasteiger partial charge in [0.25, 0.3) is 0 Å². The minimum absolute atomic E-state index is 0.645. The predicted molar refractivity (Wildman–Crippen MR) is 73.8 cm³/mol. The Morgan fingerprint density at radius 3 is 2.24 bits per heavy atom. The highest BCUT2D eigenvalue weighted by Crippen LogP contribution is 2.28. The van der Waals surface area contributed by atoms with Gasteiger partial charge in [0.15, 0.2) is 0 Å². The zero-order chi connectivity index (χ0) is 11.8. The Kier molecular flexibility index (Phi) is 2.58. The summed E-state index contributed by atoms with van der Waals surface area (Å²) in [7, 11) is 0. The molecule has 0 saturated heterocycles. The van der Waals surface area contributed by atoms with Gasteiger partial charge in [0.1, 0.15) is 0 Å². The number of nitrogens with one attached hydrogen (secondary N) is 1. The van der Waals surface area contributed by atoms with Crippen LogP contribution in [0.4, 0.5) is 0 Å². The van der Waals surface area contributed by atoms with E-state index in [2.05, 4.69) is 17.1 Å². The lowest BCUT2D eigenvalue weighted by Gasteiger charge is -2.00. The van der Waals surface area contributed by atoms with Gasteiger partial charge in [-0.25, -0.2) is 0 Å². The summed E-state index contributed by atoms with van der Waals surface area (Å²) in [4.78, 5) is 3.35. The van der Waals surface area contributed by atoms with E-state index < -0.39 is 0 Å². The SMILES string of the molecule is Clc1cc(Cl)cc(-c2cc3ccccc3[nH]2)c1. The quantitative estimate of drug-likeness (QED) is 0.624. The van der Waals surface area contributed by atoms with E-state index in [9.17, 15) is 0 Å². The highest BCUT2D eigenvalue weighted by Gasteiger charge is 2.04. The van der Waals surface area contributed by atoms with Crippen LogP contribution >= 0.6 is 23.2 Å². The molecular weight excluding hydrogens is 253 g/mol. The maximum atomic E-state index is 6.00. The van der Waals surface area contributed by atoms with E-state index in [-0.39, 0.29) is 0 Å². The first-order valence-corrected chi connectivity index (χ1v) is 6.02. The number of fused-ring (bicyclic) bond motifs is 1. The van der Waals surface area contributed by atoms with Crippen LogP contribution in [0.2, 0.25) is 10.0 Å². The molecule has 3 rings (SSSR count). The van der Waals surface area contributed by atoms with Crippen molar-refractivity contribution in [1.82, 2.24) is 4.98 Å². The molecule has 0 amide bonds. The van der Waals surface area contributed by atoms with Crippen LogP contribution in [0.15, 0.2) is 48.5 Å². The van der Waals surface area contributed by atoms with Crippen molar-refractivity contribution >= 4 is 34.1 Å². The maximum Gasteiger partial charge on any atom is 0.0465 e. The molecule has 0 saturated carbocycles. The van der Waals surface area contributed by atoms with Crippen LogP contribution in [0, 0.1) is 0 Å². The lowest BCUT2D eigenvalue weighted by Crippen LogP contribution is -1.77. The van der Waals surface area contributed by atoms with Crippen molar-refractivity contribution in [2.45, 2.75) is 0 Å². The number of para-hydroxylation sites is 1. The monoisotopic (exact) mass is 261 g/mol. The van der Waals surface area contributed by atoms with Gasteiger partial charge in [0.2, 0.25) is 0 Å². The molecule has 3 aromatic rings. The van der Waals surface area contributed by atoms with Crippen LogP contribution < -0.4 is 0 Å². The van der Waals surface area contributed by atoms with Gasteiger partial charge in [-0.05, 0) is 30.3 Å². The van der Waals surface area contributed by atoms with E-state index >= 15 is 0 Å². The molecule has 0 bridgehead atoms. The number of aromatic amines is 1. The number of hydrogen-bond acceptors (Lipinski definition) is 0. The molecule has 0 aliphatic heterocycles. The van der Waals surface area contributed by atoms with Crippen LogP contribution in [-0.2, 0) is 0 Å². The molecule has 0 unspecified atom stereocenters. The number of aromatic nitrogens is 1. The zero-order valence-corrected chi connectivity index (χ0v) is 10.4. The number of hydrogen-bond donors (Lipinski definition) is 1. The molecule has 0 aliphatic rings. The van der Waals surface area contributed by atoms with Gasteiger partial charge in [0.05, 0.1) is 0 Å². The highest BCUT2D eigenvalue weighted by atomic mass is 35.5. The Morgan fingerprint density at radius 2 is 1.53 bits per heavy atom. The second kappa shape index (κ2) is 4.10. The summed E-state index contributed by atoms with van der Waals surface area (Å²) in [6.07, 6.45) is 0. The van der Waals surface area contributed by atoms with Gasteiger partial charge < -0.3 is 4.98 Å². The van der Waals surface area contributed by atoms with Gasteiger partial charge >= 0.3 is 0 Å². The fourth-order valence-corrected chi connectivity index (χ4v) is 2.46. The number of halogens is 2. The van der Waals surface area contributed by atoms with Crippen molar-refractivity contribution in [1.29, 1.82) is 0 Å². The smallest absolute Gasteiger partial charge is 0.0465 e. The molecule has 84 valence electrons. The first-order valence-electron chi connectivity index (χ1n) is 5.26. The minimum atomic E-state index is 0.645. The van der Waals surface area contributed by atoms with Gasteiger partial charge in [-0.3, -0.25) is 0 Å². The van der Waals surface area contributed by atoms with E-state index in [1.54, 1.807) is 6.07 Å². The Labute approximate surface area is 109 Å². The molecule has 1 nitrogen and oxygen atoms in total. The molecule has 1 heterocycles. The third-order valence-electron chi connectivity index (χ3n) is 2.70. The Morgan fingerprint density at radius 1 is 0.824 bits per heavy atom. The van der Waals surface area contributed by atoms with Gasteiger partial charge in [-0.2, -0.15) is 0 Å². The summed E-state index contributed by atoms with van der Waals surface area (Å²) in [6, 6.07) is 15.8. The highest BCUT2D eigenvalue weighted by molar-refractivity contribution is 6.35. The molecule has 0 radical (unpaired) electrons. The van der Waals surface area contributed by atoms with E-state index in [1.165, 1.54) is 5.39 Å². The lowest BCUT2D eigenvalue weighted by atomic mass is 10.1. The molecule has 0 aliphatic carbocycles. The van der Waals surface area contributed by atoms with Crippen molar-refractivity contribution in [3.05, 3.63) is 58.6 Å². The van der Waals surface area contributed by atoms with Crippen LogP contribution in [0.1, 0.15) is 0 Å². The van der Waals surface area contributed by atoms with E-state index in [1.807, 2.05) is 30.3 Å². The Hall–Kier alpha value is -1.44. The van der Waals surface area contributed by atoms with Gasteiger partial charge in [-0.15, -0.1) is 0 Å². The van der Waals surface area contributed by atoms with E-state index in [4.69, 9.17) is 23.2 Å². The van der Waals surface area contributed by atoms with Crippen molar-refractivity contribution in [3.63, 3.8) is 0 Å². The second-order valence-corrected chi connectivity index (χ2v) is 4.80. The topological polar surface area (TPSA) is 15.8 Å². The molecule has 0 fully saturated rings. The Bertz CT molecular complexity index is 632. The van der Waals surface area contributed by atoms with Crippen LogP contribution in [0.3, 0.4) is 0 Å². The average molecular weight is 262 g/mol. The molecule has 0 spiro atoms. The molecular formula is C14H9Cl2N. The molecule has 2 aromatic carbocycles. The summed E-state index contributed by atoms with van der Waals surface area (Å²) >= 11 is 12.0. The average Bonchev–Trinajstić information content (AvgIpc) is 2.71. The minimum Gasteiger partial charge on any atom is -0.355 e. The van der Waals surface area contributed by atoms with Crippen molar-refractivity contribution < 1.29 is 0 Å². The molecule has 1 aromatic heterocycles. The number of H-pyrrole nitrogens is 1. The van der Waals surface area contributed by atoms with Gasteiger partial charge in [-0.1, -0.05) is 41.4 Å². The number of rotatable bonds is 1. The summed E-state index contributed by atoms with van der Waals surface area (Å²) in [5.41, 5.74) is 3.13. The first kappa shape index (κ1) is 10.7. The predicted octanol–water partition coefficient (Wildman–Crippen LogP) is 5.14. The van der Waals surface area contributed by atoms with E-state index in [0.29, 0.717) is 10.0 Å². The largest absolute Gasteiger partial charge is 0.355 e. The molecule has 17 heavy (non-hydrogen) atoms. The van der Waals surface area contributed by atoms with Crippen LogP contribution in [0.25, 0.3) is 22.2 Å². The molecule has 3 heteroatoms. The Balaban J connectivity index is 2.20.